The molecule has 4 N–H and O–H groups in total. The van der Waals surface area contributed by atoms with Crippen LogP contribution < -0.4 is 14.6 Å². The van der Waals surface area contributed by atoms with E-state index >= 15 is 0 Å². The third kappa shape index (κ3) is 8.17. The molecule has 0 aromatic heterocycles. The van der Waals surface area contributed by atoms with Crippen molar-refractivity contribution in [3.05, 3.63) is 95.6 Å². The van der Waals surface area contributed by atoms with Crippen molar-refractivity contribution in [1.82, 2.24) is 5.32 Å². The third-order valence-electron chi connectivity index (χ3n) is 5.50. The first-order valence-corrected chi connectivity index (χ1v) is 13.0. The molecule has 7 heteroatoms. The number of benzene rings is 3. The van der Waals surface area contributed by atoms with Gasteiger partial charge in [0.05, 0.1) is 0 Å². The van der Waals surface area contributed by atoms with E-state index in [2.05, 4.69) is 31.3 Å². The van der Waals surface area contributed by atoms with Crippen LogP contribution in [-0.2, 0) is 0 Å². The molecule has 3 aromatic rings. The molecule has 0 radical (unpaired) electrons. The summed E-state index contributed by atoms with van der Waals surface area (Å²) in [6, 6.07) is 25.5. The van der Waals surface area contributed by atoms with Gasteiger partial charge in [-0.1, -0.05) is 68.4 Å². The lowest BCUT2D eigenvalue weighted by Gasteiger charge is -2.18. The third-order valence-corrected chi connectivity index (χ3v) is 5.87. The van der Waals surface area contributed by atoms with Crippen LogP contribution >= 0.6 is 8.60 Å². The molecule has 1 atom stereocenters. The van der Waals surface area contributed by atoms with Crippen molar-refractivity contribution < 1.29 is 24.2 Å². The molecule has 0 bridgehead atoms. The number of allylic oxidation sites excluding steroid dienone is 1. The molecule has 0 saturated carbocycles. The maximum atomic E-state index is 10.1. The number of aliphatic hydroxyl groups is 1. The second kappa shape index (κ2) is 14.0. The van der Waals surface area contributed by atoms with Gasteiger partial charge in [-0.2, -0.15) is 0 Å². The Morgan fingerprint density at radius 1 is 0.829 bits per heavy atom. The van der Waals surface area contributed by atoms with Gasteiger partial charge < -0.3 is 29.5 Å². The van der Waals surface area contributed by atoms with E-state index < -0.39 is 14.7 Å². The number of ether oxygens (including phenoxy) is 1. The summed E-state index contributed by atoms with van der Waals surface area (Å²) in [5, 5.41) is 13.3. The zero-order valence-electron chi connectivity index (χ0n) is 20.2. The largest absolute Gasteiger partial charge is 0.491 e. The van der Waals surface area contributed by atoms with Crippen LogP contribution in [0.2, 0.25) is 0 Å². The van der Waals surface area contributed by atoms with Gasteiger partial charge in [-0.25, -0.2) is 0 Å². The molecule has 0 saturated heterocycles. The van der Waals surface area contributed by atoms with Crippen molar-refractivity contribution in [2.75, 3.05) is 19.7 Å². The lowest BCUT2D eigenvalue weighted by Crippen LogP contribution is -2.31. The quantitative estimate of drug-likeness (QED) is 0.145. The minimum atomic E-state index is -2.46. The molecule has 6 nitrogen and oxygen atoms in total. The van der Waals surface area contributed by atoms with Gasteiger partial charge in [0, 0.05) is 6.54 Å². The molecule has 0 fully saturated rings. The molecule has 0 spiro atoms. The average Bonchev–Trinajstić information content (AvgIpc) is 2.87. The molecule has 35 heavy (non-hydrogen) atoms. The van der Waals surface area contributed by atoms with E-state index in [1.807, 2.05) is 54.6 Å². The normalized spacial score (nSPS) is 12.9. The number of hydrogen-bond donors (Lipinski definition) is 4. The number of rotatable bonds is 13. The summed E-state index contributed by atoms with van der Waals surface area (Å²) in [5.41, 5.74) is 5.43. The molecule has 0 heterocycles. The first-order chi connectivity index (χ1) is 17.0. The highest BCUT2D eigenvalue weighted by Crippen LogP contribution is 2.36. The fraction of sp³-hybridized carbons (Fsp3) is 0.286. The van der Waals surface area contributed by atoms with Crippen molar-refractivity contribution in [2.24, 2.45) is 0 Å². The number of hydrogen-bond acceptors (Lipinski definition) is 6. The van der Waals surface area contributed by atoms with Gasteiger partial charge in [-0.3, -0.25) is 0 Å². The fourth-order valence-corrected chi connectivity index (χ4v) is 4.18. The molecule has 3 rings (SSSR count). The van der Waals surface area contributed by atoms with Gasteiger partial charge in [0.25, 0.3) is 0 Å². The van der Waals surface area contributed by atoms with Gasteiger partial charge in [-0.15, -0.1) is 0 Å². The molecule has 186 valence electrons. The zero-order chi connectivity index (χ0) is 25.0. The average molecular weight is 496 g/mol. The molecule has 0 amide bonds. The van der Waals surface area contributed by atoms with Crippen LogP contribution in [0.4, 0.5) is 0 Å². The molecular weight excluding hydrogens is 461 g/mol. The topological polar surface area (TPSA) is 91.2 Å². The van der Waals surface area contributed by atoms with Crippen LogP contribution in [0.15, 0.2) is 78.9 Å². The molecule has 0 aliphatic carbocycles. The monoisotopic (exact) mass is 495 g/mol. The van der Waals surface area contributed by atoms with Crippen LogP contribution in [0, 0.1) is 0 Å². The summed E-state index contributed by atoms with van der Waals surface area (Å²) in [6.45, 7) is 5.82. The van der Waals surface area contributed by atoms with Crippen molar-refractivity contribution >= 4 is 19.7 Å². The second-order valence-electron chi connectivity index (χ2n) is 8.13. The van der Waals surface area contributed by atoms with Crippen LogP contribution in [0.3, 0.4) is 0 Å². The van der Waals surface area contributed by atoms with E-state index in [0.29, 0.717) is 18.0 Å². The zero-order valence-corrected chi connectivity index (χ0v) is 21.1. The Morgan fingerprint density at radius 2 is 1.43 bits per heavy atom. The van der Waals surface area contributed by atoms with Crippen LogP contribution in [0.25, 0.3) is 11.1 Å². The van der Waals surface area contributed by atoms with E-state index in [-0.39, 0.29) is 6.61 Å². The predicted molar refractivity (Wildman–Crippen MR) is 142 cm³/mol. The summed E-state index contributed by atoms with van der Waals surface area (Å²) >= 11 is 0. The molecule has 0 aliphatic heterocycles. The minimum absolute atomic E-state index is 0.225. The predicted octanol–water partition coefficient (Wildman–Crippen LogP) is 5.39. The lowest BCUT2D eigenvalue weighted by atomic mass is 9.88. The Hall–Kier alpha value is -2.73. The molecule has 0 aliphatic rings. The summed E-state index contributed by atoms with van der Waals surface area (Å²) < 4.78 is 10.8. The van der Waals surface area contributed by atoms with E-state index in [1.54, 1.807) is 12.1 Å². The van der Waals surface area contributed by atoms with Crippen molar-refractivity contribution in [3.8, 4) is 11.5 Å². The van der Waals surface area contributed by atoms with E-state index in [0.717, 1.165) is 41.6 Å². The van der Waals surface area contributed by atoms with Gasteiger partial charge in [0.2, 0.25) is 0 Å². The summed E-state index contributed by atoms with van der Waals surface area (Å²) in [4.78, 5) is 18.3. The van der Waals surface area contributed by atoms with Crippen LogP contribution in [-0.4, -0.2) is 40.7 Å². The Bertz CT molecular complexity index is 1050. The maximum Gasteiger partial charge on any atom is 0.391 e. The Labute approximate surface area is 208 Å². The van der Waals surface area contributed by atoms with Gasteiger partial charge in [-0.05, 0) is 71.5 Å². The van der Waals surface area contributed by atoms with Gasteiger partial charge in [0.1, 0.15) is 24.2 Å². The summed E-state index contributed by atoms with van der Waals surface area (Å²) in [7, 11) is -2.46. The highest BCUT2D eigenvalue weighted by molar-refractivity contribution is 7.39. The summed E-state index contributed by atoms with van der Waals surface area (Å²) in [5.74, 6) is 1.10. The van der Waals surface area contributed by atoms with Crippen molar-refractivity contribution in [2.45, 2.75) is 32.8 Å². The maximum absolute atomic E-state index is 10.1. The van der Waals surface area contributed by atoms with Gasteiger partial charge >= 0.3 is 8.60 Å². The van der Waals surface area contributed by atoms with Crippen LogP contribution in [0.5, 0.6) is 11.5 Å². The Kier molecular flexibility index (Phi) is 10.7. The van der Waals surface area contributed by atoms with Crippen LogP contribution in [0.1, 0.15) is 43.4 Å². The highest BCUT2D eigenvalue weighted by Gasteiger charge is 2.14. The molecular formula is C28H34NO5P. The summed E-state index contributed by atoms with van der Waals surface area (Å²) in [6.07, 6.45) is 1.28. The molecule has 3 aromatic carbocycles. The SMILES string of the molecule is CCCNCC(O)COc1ccc(/C(=C(/CC)c2ccccc2)c2ccc(OP(O)O)cc2)cc1. The lowest BCUT2D eigenvalue weighted by molar-refractivity contribution is 0.106. The standard InChI is InChI=1S/C28H34NO5P/c1-3-18-29-19-24(30)20-33-25-14-10-22(11-15-25)28(27(4-2)21-8-6-5-7-9-21)23-12-16-26(17-13-23)34-35(31)32/h5-17,24,29-32H,3-4,18-20H2,1-2H3/b28-27+. The smallest absolute Gasteiger partial charge is 0.391 e. The highest BCUT2D eigenvalue weighted by atomic mass is 31.2. The number of nitrogens with one attached hydrogen (secondary N) is 1. The van der Waals surface area contributed by atoms with Crippen molar-refractivity contribution in [3.63, 3.8) is 0 Å². The minimum Gasteiger partial charge on any atom is -0.491 e. The van der Waals surface area contributed by atoms with Crippen molar-refractivity contribution in [1.29, 1.82) is 0 Å². The first-order valence-electron chi connectivity index (χ1n) is 11.9. The van der Waals surface area contributed by atoms with E-state index in [4.69, 9.17) is 19.0 Å². The van der Waals surface area contributed by atoms with E-state index in [9.17, 15) is 5.11 Å². The van der Waals surface area contributed by atoms with E-state index in [1.165, 1.54) is 5.57 Å². The number of aliphatic hydroxyl groups excluding tert-OH is 1. The fourth-order valence-electron chi connectivity index (χ4n) is 3.87. The second-order valence-corrected chi connectivity index (χ2v) is 8.82. The molecule has 1 unspecified atom stereocenters. The Morgan fingerprint density at radius 3 is 1.97 bits per heavy atom. The Balaban J connectivity index is 1.89. The van der Waals surface area contributed by atoms with Gasteiger partial charge in [0.15, 0.2) is 0 Å². The first kappa shape index (κ1) is 26.9.